The number of hydrogen-bond donors (Lipinski definition) is 0. The summed E-state index contributed by atoms with van der Waals surface area (Å²) in [7, 11) is -4.65. The van der Waals surface area contributed by atoms with Crippen molar-refractivity contribution in [2.45, 2.75) is 26.2 Å². The molecule has 9 heteroatoms. The number of nitrogens with zero attached hydrogens (tertiary/aromatic N) is 1. The molecule has 0 fully saturated rings. The molecule has 0 heterocycles. The van der Waals surface area contributed by atoms with Gasteiger partial charge in [-0.25, -0.2) is 4.57 Å². The third-order valence-corrected chi connectivity index (χ3v) is 4.07. The number of hydrogen-bond acceptors (Lipinski definition) is 6. The fourth-order valence-corrected chi connectivity index (χ4v) is 2.72. The second-order valence-corrected chi connectivity index (χ2v) is 7.41. The molecule has 128 valence electrons. The van der Waals surface area contributed by atoms with E-state index in [1.54, 1.807) is 24.3 Å². The van der Waals surface area contributed by atoms with Gasteiger partial charge in [-0.1, -0.05) is 32.9 Å². The Labute approximate surface area is 168 Å². The van der Waals surface area contributed by atoms with Gasteiger partial charge in [0.05, 0.1) is 4.92 Å². The Morgan fingerprint density at radius 2 is 1.32 bits per heavy atom. The Balaban J connectivity index is 0.00000312. The zero-order chi connectivity index (χ0) is 18.0. The van der Waals surface area contributed by atoms with Crippen LogP contribution < -0.4 is 43.5 Å². The van der Waals surface area contributed by atoms with Crippen molar-refractivity contribution in [3.63, 3.8) is 0 Å². The van der Waals surface area contributed by atoms with Crippen molar-refractivity contribution in [2.24, 2.45) is 0 Å². The first kappa shape index (κ1) is 21.7. The number of nitro benzene ring substituents is 1. The van der Waals surface area contributed by atoms with Crippen LogP contribution in [0.4, 0.5) is 5.69 Å². The Morgan fingerprint density at radius 1 is 0.920 bits per heavy atom. The number of phosphoric ester groups is 1. The van der Waals surface area contributed by atoms with Gasteiger partial charge in [0.15, 0.2) is 0 Å². The van der Waals surface area contributed by atoms with Crippen LogP contribution in [0.3, 0.4) is 0 Å². The summed E-state index contributed by atoms with van der Waals surface area (Å²) < 4.78 is 21.6. The molecule has 2 aromatic rings. The minimum absolute atomic E-state index is 0. The van der Waals surface area contributed by atoms with Gasteiger partial charge in [-0.3, -0.25) is 10.1 Å². The van der Waals surface area contributed by atoms with E-state index in [0.29, 0.717) is 0 Å². The van der Waals surface area contributed by atoms with Gasteiger partial charge in [-0.05, 0) is 35.2 Å². The van der Waals surface area contributed by atoms with Gasteiger partial charge in [0.2, 0.25) is 0 Å². The fourth-order valence-electron chi connectivity index (χ4n) is 1.92. The Kier molecular flexibility index (Phi) is 7.23. The SMILES string of the molecule is CC(C)(C)c1ccc(OP(=O)([O-])Oc2ccc([N+](=O)[O-])cc2)cc1.[Na+]. The van der Waals surface area contributed by atoms with E-state index < -0.39 is 12.7 Å². The first-order chi connectivity index (χ1) is 11.1. The summed E-state index contributed by atoms with van der Waals surface area (Å²) in [5.74, 6) is 0.0634. The topological polar surface area (TPSA) is 102 Å². The average Bonchev–Trinajstić information content (AvgIpc) is 2.46. The number of non-ortho nitro benzene ring substituents is 1. The Bertz CT molecular complexity index is 771. The zero-order valence-corrected chi connectivity index (χ0v) is 17.4. The van der Waals surface area contributed by atoms with Crippen molar-refractivity contribution in [1.82, 2.24) is 0 Å². The third-order valence-electron chi connectivity index (χ3n) is 3.20. The maximum absolute atomic E-state index is 11.9. The molecule has 1 unspecified atom stereocenters. The van der Waals surface area contributed by atoms with E-state index in [9.17, 15) is 19.6 Å². The van der Waals surface area contributed by atoms with E-state index in [1.807, 2.05) is 20.8 Å². The molecular formula is C16H17NNaO6P. The van der Waals surface area contributed by atoms with Crippen LogP contribution in [0.1, 0.15) is 26.3 Å². The van der Waals surface area contributed by atoms with E-state index in [2.05, 4.69) is 0 Å². The number of benzene rings is 2. The van der Waals surface area contributed by atoms with Crippen LogP contribution in [-0.2, 0) is 9.98 Å². The Morgan fingerprint density at radius 3 is 1.68 bits per heavy atom. The van der Waals surface area contributed by atoms with Crippen LogP contribution in [0, 0.1) is 10.1 Å². The van der Waals surface area contributed by atoms with Gasteiger partial charge in [-0.15, -0.1) is 0 Å². The predicted octanol–water partition coefficient (Wildman–Crippen LogP) is 0.823. The largest absolute Gasteiger partial charge is 1.00 e. The molecular weight excluding hydrogens is 356 g/mol. The van der Waals surface area contributed by atoms with Crippen LogP contribution in [0.25, 0.3) is 0 Å². The summed E-state index contributed by atoms with van der Waals surface area (Å²) >= 11 is 0. The van der Waals surface area contributed by atoms with Crippen LogP contribution in [-0.4, -0.2) is 4.92 Å². The number of rotatable bonds is 5. The van der Waals surface area contributed by atoms with Crippen LogP contribution in [0.15, 0.2) is 48.5 Å². The second kappa shape index (κ2) is 8.34. The average molecular weight is 373 g/mol. The van der Waals surface area contributed by atoms with Crippen molar-refractivity contribution < 1.29 is 53.0 Å². The van der Waals surface area contributed by atoms with E-state index in [4.69, 9.17) is 9.05 Å². The first-order valence-corrected chi connectivity index (χ1v) is 8.58. The maximum Gasteiger partial charge on any atom is 1.00 e. The zero-order valence-electron chi connectivity index (χ0n) is 14.5. The normalized spacial score (nSPS) is 13.3. The molecule has 0 amide bonds. The molecule has 0 saturated carbocycles. The molecule has 0 bridgehead atoms. The summed E-state index contributed by atoms with van der Waals surface area (Å²) in [4.78, 5) is 21.9. The molecule has 2 rings (SSSR count). The predicted molar refractivity (Wildman–Crippen MR) is 87.1 cm³/mol. The minimum Gasteiger partial charge on any atom is -0.736 e. The van der Waals surface area contributed by atoms with E-state index >= 15 is 0 Å². The van der Waals surface area contributed by atoms with Gasteiger partial charge >= 0.3 is 37.4 Å². The van der Waals surface area contributed by atoms with E-state index in [-0.39, 0.29) is 52.2 Å². The van der Waals surface area contributed by atoms with Crippen molar-refractivity contribution >= 4 is 13.5 Å². The van der Waals surface area contributed by atoms with Crippen molar-refractivity contribution in [3.05, 3.63) is 64.2 Å². The van der Waals surface area contributed by atoms with E-state index in [1.165, 1.54) is 12.1 Å². The molecule has 0 aliphatic heterocycles. The molecule has 0 N–H and O–H groups in total. The van der Waals surface area contributed by atoms with Crippen LogP contribution in [0.5, 0.6) is 11.5 Å². The van der Waals surface area contributed by atoms with Gasteiger partial charge in [0, 0.05) is 12.1 Å². The fraction of sp³-hybridized carbons (Fsp3) is 0.250. The molecule has 0 aromatic heterocycles. The quantitative estimate of drug-likeness (QED) is 0.333. The van der Waals surface area contributed by atoms with Crippen molar-refractivity contribution in [3.8, 4) is 11.5 Å². The molecule has 0 aliphatic carbocycles. The molecule has 0 aliphatic rings. The third kappa shape index (κ3) is 6.45. The monoisotopic (exact) mass is 373 g/mol. The van der Waals surface area contributed by atoms with Crippen LogP contribution >= 0.6 is 7.82 Å². The molecule has 2 aromatic carbocycles. The summed E-state index contributed by atoms with van der Waals surface area (Å²) in [6.45, 7) is 6.12. The number of nitro groups is 1. The smallest absolute Gasteiger partial charge is 0.736 e. The first-order valence-electron chi connectivity index (χ1n) is 7.12. The molecule has 0 spiro atoms. The number of phosphoric acid groups is 1. The van der Waals surface area contributed by atoms with Gasteiger partial charge in [0.25, 0.3) is 5.69 Å². The van der Waals surface area contributed by atoms with Crippen molar-refractivity contribution in [2.75, 3.05) is 0 Å². The molecule has 1 atom stereocenters. The van der Waals surface area contributed by atoms with Crippen LogP contribution in [0.2, 0.25) is 0 Å². The Hall–Kier alpha value is -1.37. The van der Waals surface area contributed by atoms with E-state index in [0.717, 1.165) is 17.7 Å². The summed E-state index contributed by atoms with van der Waals surface area (Å²) in [6, 6.07) is 11.3. The maximum atomic E-state index is 11.9. The molecule has 25 heavy (non-hydrogen) atoms. The molecule has 0 saturated heterocycles. The minimum atomic E-state index is -4.65. The molecule has 7 nitrogen and oxygen atoms in total. The van der Waals surface area contributed by atoms with Gasteiger partial charge in [-0.2, -0.15) is 0 Å². The van der Waals surface area contributed by atoms with Gasteiger partial charge < -0.3 is 13.9 Å². The van der Waals surface area contributed by atoms with Gasteiger partial charge in [0.1, 0.15) is 11.5 Å². The van der Waals surface area contributed by atoms with Crippen molar-refractivity contribution in [1.29, 1.82) is 0 Å². The summed E-state index contributed by atoms with van der Waals surface area (Å²) in [5, 5.41) is 10.6. The summed E-state index contributed by atoms with van der Waals surface area (Å²) in [6.07, 6.45) is 0. The summed E-state index contributed by atoms with van der Waals surface area (Å²) in [5.41, 5.74) is 0.809. The molecule has 0 radical (unpaired) electrons. The second-order valence-electron chi connectivity index (χ2n) is 6.16. The standard InChI is InChI=1S/C16H18NO6P.Na/c1-16(2,3)12-4-8-14(9-5-12)22-24(20,21)23-15-10-6-13(7-11-15)17(18)19;/h4-11H,1-3H3,(H,20,21);/q;+1/p-1.